The smallest absolute Gasteiger partial charge is 0.369 e. The third kappa shape index (κ3) is 7.62. The summed E-state index contributed by atoms with van der Waals surface area (Å²) in [5, 5.41) is 2.79. The first kappa shape index (κ1) is 12.3. The Labute approximate surface area is 75.5 Å². The minimum atomic E-state index is -4.29. The van der Waals surface area contributed by atoms with Gasteiger partial charge in [0.1, 0.15) is 6.61 Å². The lowest BCUT2D eigenvalue weighted by Crippen LogP contribution is -2.33. The summed E-state index contributed by atoms with van der Waals surface area (Å²) < 4.78 is 39.2. The van der Waals surface area contributed by atoms with E-state index in [4.69, 9.17) is 6.42 Å². The molecule has 76 valence electrons. The van der Waals surface area contributed by atoms with Crippen molar-refractivity contribution in [1.82, 2.24) is 5.32 Å². The van der Waals surface area contributed by atoms with Crippen LogP contribution in [0.4, 0.5) is 13.2 Å². The largest absolute Gasteiger partial charge is 0.411 e. The van der Waals surface area contributed by atoms with Gasteiger partial charge in [-0.1, -0.05) is 12.8 Å². The van der Waals surface area contributed by atoms with Crippen molar-refractivity contribution in [2.24, 2.45) is 0 Å². The standard InChI is InChI=1S/C8H12F3NO/c1-3-7(12-4-2)5-13-6-8(9,10)11/h1,7,12H,4-6H2,2H3. The monoisotopic (exact) mass is 195 g/mol. The van der Waals surface area contributed by atoms with Crippen molar-refractivity contribution in [3.8, 4) is 12.3 Å². The molecule has 5 heteroatoms. The molecule has 0 saturated carbocycles. The fourth-order valence-electron chi connectivity index (χ4n) is 0.705. The number of likely N-dealkylation sites (N-methyl/N-ethyl adjacent to an activating group) is 1. The van der Waals surface area contributed by atoms with Gasteiger partial charge in [-0.15, -0.1) is 6.42 Å². The number of alkyl halides is 3. The first-order chi connectivity index (χ1) is 5.99. The van der Waals surface area contributed by atoms with E-state index < -0.39 is 18.8 Å². The summed E-state index contributed by atoms with van der Waals surface area (Å²) in [5.41, 5.74) is 0. The van der Waals surface area contributed by atoms with Gasteiger partial charge in [-0.25, -0.2) is 0 Å². The van der Waals surface area contributed by atoms with Crippen molar-refractivity contribution in [1.29, 1.82) is 0 Å². The normalized spacial score (nSPS) is 13.8. The molecule has 0 spiro atoms. The maximum Gasteiger partial charge on any atom is 0.411 e. The highest BCUT2D eigenvalue weighted by Crippen LogP contribution is 2.14. The van der Waals surface area contributed by atoms with E-state index in [1.165, 1.54) is 0 Å². The Morgan fingerprint density at radius 1 is 1.54 bits per heavy atom. The van der Waals surface area contributed by atoms with Gasteiger partial charge in [0.15, 0.2) is 0 Å². The number of rotatable bonds is 5. The van der Waals surface area contributed by atoms with Crippen LogP contribution in [-0.2, 0) is 4.74 Å². The van der Waals surface area contributed by atoms with Gasteiger partial charge in [-0.2, -0.15) is 13.2 Å². The van der Waals surface area contributed by atoms with Crippen molar-refractivity contribution in [3.63, 3.8) is 0 Å². The van der Waals surface area contributed by atoms with E-state index in [2.05, 4.69) is 16.0 Å². The van der Waals surface area contributed by atoms with Crippen LogP contribution in [0.25, 0.3) is 0 Å². The molecule has 0 aliphatic heterocycles. The molecule has 1 N–H and O–H groups in total. The zero-order valence-corrected chi connectivity index (χ0v) is 7.32. The highest BCUT2D eigenvalue weighted by molar-refractivity contribution is 4.98. The maximum absolute atomic E-state index is 11.6. The Bertz CT molecular complexity index is 173. The highest BCUT2D eigenvalue weighted by Gasteiger charge is 2.27. The molecule has 2 nitrogen and oxygen atoms in total. The van der Waals surface area contributed by atoms with E-state index in [9.17, 15) is 13.2 Å². The Morgan fingerprint density at radius 2 is 2.15 bits per heavy atom. The zero-order valence-electron chi connectivity index (χ0n) is 7.32. The molecular formula is C8H12F3NO. The molecule has 1 atom stereocenters. The summed E-state index contributed by atoms with van der Waals surface area (Å²) in [6, 6.07) is -0.452. The van der Waals surface area contributed by atoms with E-state index in [0.29, 0.717) is 6.54 Å². The van der Waals surface area contributed by atoms with Gasteiger partial charge in [0.2, 0.25) is 0 Å². The summed E-state index contributed by atoms with van der Waals surface area (Å²) in [4.78, 5) is 0. The SMILES string of the molecule is C#CC(COCC(F)(F)F)NCC. The fourth-order valence-corrected chi connectivity index (χ4v) is 0.705. The average molecular weight is 195 g/mol. The second-order valence-electron chi connectivity index (χ2n) is 2.41. The molecule has 0 heterocycles. The average Bonchev–Trinajstić information content (AvgIpc) is 2.01. The third-order valence-electron chi connectivity index (χ3n) is 1.20. The lowest BCUT2D eigenvalue weighted by atomic mass is 10.3. The molecule has 13 heavy (non-hydrogen) atoms. The molecule has 0 aliphatic rings. The van der Waals surface area contributed by atoms with Crippen molar-refractivity contribution in [2.75, 3.05) is 19.8 Å². The molecule has 0 aliphatic carbocycles. The lowest BCUT2D eigenvalue weighted by molar-refractivity contribution is -0.174. The van der Waals surface area contributed by atoms with E-state index in [1.807, 2.05) is 6.92 Å². The predicted octanol–water partition coefficient (Wildman–Crippen LogP) is 1.18. The number of nitrogens with one attached hydrogen (secondary N) is 1. The number of hydrogen-bond acceptors (Lipinski definition) is 2. The van der Waals surface area contributed by atoms with Gasteiger partial charge in [0, 0.05) is 0 Å². The molecule has 0 bridgehead atoms. The van der Waals surface area contributed by atoms with Crippen LogP contribution in [0.15, 0.2) is 0 Å². The van der Waals surface area contributed by atoms with Crippen LogP contribution in [0.3, 0.4) is 0 Å². The van der Waals surface area contributed by atoms with Gasteiger partial charge < -0.3 is 10.1 Å². The summed E-state index contributed by atoms with van der Waals surface area (Å²) in [6.07, 6.45) is 0.749. The molecule has 0 aromatic rings. The van der Waals surface area contributed by atoms with Crippen LogP contribution >= 0.6 is 0 Å². The maximum atomic E-state index is 11.6. The van der Waals surface area contributed by atoms with Crippen LogP contribution in [0.5, 0.6) is 0 Å². The van der Waals surface area contributed by atoms with E-state index in [0.717, 1.165) is 0 Å². The van der Waals surface area contributed by atoms with Crippen molar-refractivity contribution >= 4 is 0 Å². The Balaban J connectivity index is 3.57. The Kier molecular flexibility index (Phi) is 5.51. The molecular weight excluding hydrogens is 183 g/mol. The number of ether oxygens (including phenoxy) is 1. The molecule has 0 aromatic carbocycles. The van der Waals surface area contributed by atoms with Gasteiger partial charge in [0.25, 0.3) is 0 Å². The van der Waals surface area contributed by atoms with Gasteiger partial charge >= 0.3 is 6.18 Å². The summed E-state index contributed by atoms with van der Waals surface area (Å²) in [7, 11) is 0. The number of halogens is 3. The second kappa shape index (κ2) is 5.84. The van der Waals surface area contributed by atoms with Gasteiger partial charge in [0.05, 0.1) is 12.6 Å². The molecule has 0 fully saturated rings. The van der Waals surface area contributed by atoms with Crippen molar-refractivity contribution < 1.29 is 17.9 Å². The minimum absolute atomic E-state index is 0.121. The van der Waals surface area contributed by atoms with Gasteiger partial charge in [-0.05, 0) is 6.54 Å². The van der Waals surface area contributed by atoms with Crippen LogP contribution in [0, 0.1) is 12.3 Å². The molecule has 0 saturated heterocycles. The lowest BCUT2D eigenvalue weighted by Gasteiger charge is -2.12. The first-order valence-electron chi connectivity index (χ1n) is 3.83. The van der Waals surface area contributed by atoms with Crippen LogP contribution in [0.2, 0.25) is 0 Å². The third-order valence-corrected chi connectivity index (χ3v) is 1.20. The Morgan fingerprint density at radius 3 is 2.54 bits per heavy atom. The van der Waals surface area contributed by atoms with E-state index in [1.54, 1.807) is 0 Å². The molecule has 1 unspecified atom stereocenters. The van der Waals surface area contributed by atoms with Gasteiger partial charge in [-0.3, -0.25) is 0 Å². The van der Waals surface area contributed by atoms with Crippen LogP contribution < -0.4 is 5.32 Å². The quantitative estimate of drug-likeness (QED) is 0.665. The number of terminal acetylenes is 1. The molecule has 0 amide bonds. The zero-order chi connectivity index (χ0) is 10.3. The van der Waals surface area contributed by atoms with Crippen molar-refractivity contribution in [2.45, 2.75) is 19.1 Å². The summed E-state index contributed by atoms with van der Waals surface area (Å²) in [5.74, 6) is 2.29. The fraction of sp³-hybridized carbons (Fsp3) is 0.750. The predicted molar refractivity (Wildman–Crippen MR) is 43.2 cm³/mol. The second-order valence-corrected chi connectivity index (χ2v) is 2.41. The topological polar surface area (TPSA) is 21.3 Å². The van der Waals surface area contributed by atoms with Crippen LogP contribution in [-0.4, -0.2) is 32.0 Å². The Hall–Kier alpha value is -0.730. The molecule has 0 radical (unpaired) electrons. The summed E-state index contributed by atoms with van der Waals surface area (Å²) >= 11 is 0. The molecule has 0 rings (SSSR count). The molecule has 0 aromatic heterocycles. The summed E-state index contributed by atoms with van der Waals surface area (Å²) in [6.45, 7) is 1.04. The minimum Gasteiger partial charge on any atom is -0.369 e. The van der Waals surface area contributed by atoms with Crippen LogP contribution in [0.1, 0.15) is 6.92 Å². The van der Waals surface area contributed by atoms with E-state index >= 15 is 0 Å². The first-order valence-corrected chi connectivity index (χ1v) is 3.83. The highest BCUT2D eigenvalue weighted by atomic mass is 19.4. The van der Waals surface area contributed by atoms with E-state index in [-0.39, 0.29) is 6.61 Å². The number of hydrogen-bond donors (Lipinski definition) is 1. The van der Waals surface area contributed by atoms with Crippen molar-refractivity contribution in [3.05, 3.63) is 0 Å².